The Balaban J connectivity index is 1.49. The molecule has 3 aromatic carbocycles. The van der Waals surface area contributed by atoms with Crippen LogP contribution in [-0.2, 0) is 12.1 Å². The maximum absolute atomic E-state index is 10.2. The molecule has 5 rings (SSSR count). The molecule has 0 saturated heterocycles. The average Bonchev–Trinajstić information content (AvgIpc) is 3.15. The van der Waals surface area contributed by atoms with E-state index in [9.17, 15) is 5.26 Å². The monoisotopic (exact) mass is 487 g/mol. The maximum Gasteiger partial charge on any atom is 0.125 e. The first-order valence-corrected chi connectivity index (χ1v) is 11.8. The van der Waals surface area contributed by atoms with E-state index < -0.39 is 5.54 Å². The van der Waals surface area contributed by atoms with Crippen molar-refractivity contribution in [1.82, 2.24) is 0 Å². The summed E-state index contributed by atoms with van der Waals surface area (Å²) >= 11 is 3.54. The lowest BCUT2D eigenvalue weighted by Gasteiger charge is -2.48. The highest BCUT2D eigenvalue weighted by Crippen LogP contribution is 2.53. The third-order valence-corrected chi connectivity index (χ3v) is 7.58. The molecule has 0 atom stereocenters. The molecule has 1 heterocycles. The maximum atomic E-state index is 10.2. The van der Waals surface area contributed by atoms with E-state index in [2.05, 4.69) is 74.7 Å². The topological polar surface area (TPSA) is 48.3 Å². The van der Waals surface area contributed by atoms with Crippen molar-refractivity contribution in [2.75, 3.05) is 17.3 Å². The van der Waals surface area contributed by atoms with Crippen LogP contribution in [-0.4, -0.2) is 12.6 Å². The first kappa shape index (κ1) is 20.9. The first-order valence-electron chi connectivity index (χ1n) is 11.0. The minimum atomic E-state index is -0.566. The van der Waals surface area contributed by atoms with Crippen molar-refractivity contribution in [3.8, 4) is 11.8 Å². The SMILES string of the molecule is COc1cccc(N2Cc3ccccc3C23CCC(C#N)(Nc2cccc(Br)c2)CC3)c1. The van der Waals surface area contributed by atoms with Gasteiger partial charge >= 0.3 is 0 Å². The normalized spacial score (nSPS) is 24.1. The van der Waals surface area contributed by atoms with Gasteiger partial charge in [-0.25, -0.2) is 0 Å². The quantitative estimate of drug-likeness (QED) is 0.448. The van der Waals surface area contributed by atoms with Crippen molar-refractivity contribution in [2.24, 2.45) is 0 Å². The number of halogens is 1. The fourth-order valence-corrected chi connectivity index (χ4v) is 5.83. The molecule has 3 aromatic rings. The minimum Gasteiger partial charge on any atom is -0.497 e. The second-order valence-corrected chi connectivity index (χ2v) is 9.72. The molecule has 32 heavy (non-hydrogen) atoms. The molecule has 0 radical (unpaired) electrons. The van der Waals surface area contributed by atoms with Gasteiger partial charge in [0.1, 0.15) is 11.3 Å². The van der Waals surface area contributed by atoms with Gasteiger partial charge in [-0.15, -0.1) is 0 Å². The smallest absolute Gasteiger partial charge is 0.125 e. The Morgan fingerprint density at radius 1 is 0.969 bits per heavy atom. The molecular weight excluding hydrogens is 462 g/mol. The number of hydrogen-bond donors (Lipinski definition) is 1. The molecule has 1 N–H and O–H groups in total. The lowest BCUT2D eigenvalue weighted by molar-refractivity contribution is 0.247. The number of fused-ring (bicyclic) bond motifs is 2. The van der Waals surface area contributed by atoms with Crippen LogP contribution in [0.4, 0.5) is 11.4 Å². The van der Waals surface area contributed by atoms with Gasteiger partial charge in [-0.1, -0.05) is 52.3 Å². The number of nitrogens with one attached hydrogen (secondary N) is 1. The van der Waals surface area contributed by atoms with Gasteiger partial charge in [0.05, 0.1) is 18.7 Å². The largest absolute Gasteiger partial charge is 0.497 e. The standard InChI is InChI=1S/C27H26BrN3O/c1-32-24-10-5-9-23(17-24)31-18-20-6-2-3-11-25(20)27(31)14-12-26(19-29,13-15-27)30-22-8-4-7-21(28)16-22/h2-11,16-17,30H,12-15,18H2,1H3. The van der Waals surface area contributed by atoms with Gasteiger partial charge in [0, 0.05) is 28.5 Å². The van der Waals surface area contributed by atoms with E-state index in [1.807, 2.05) is 30.3 Å². The highest BCUT2D eigenvalue weighted by atomic mass is 79.9. The summed E-state index contributed by atoms with van der Waals surface area (Å²) in [4.78, 5) is 2.53. The van der Waals surface area contributed by atoms with E-state index in [4.69, 9.17) is 4.74 Å². The third kappa shape index (κ3) is 3.53. The molecule has 0 unspecified atom stereocenters. The fraction of sp³-hybridized carbons (Fsp3) is 0.296. The lowest BCUT2D eigenvalue weighted by Crippen LogP contribution is -2.51. The number of ether oxygens (including phenoxy) is 1. The number of rotatable bonds is 4. The molecule has 1 aliphatic carbocycles. The average molecular weight is 488 g/mol. The van der Waals surface area contributed by atoms with Gasteiger partial charge in [-0.2, -0.15) is 5.26 Å². The summed E-state index contributed by atoms with van der Waals surface area (Å²) in [5.74, 6) is 0.868. The molecule has 0 aromatic heterocycles. The Morgan fingerprint density at radius 3 is 2.50 bits per heavy atom. The Kier molecular flexibility index (Phi) is 5.35. The van der Waals surface area contributed by atoms with Crippen LogP contribution < -0.4 is 15.0 Å². The molecule has 4 nitrogen and oxygen atoms in total. The molecule has 1 fully saturated rings. The minimum absolute atomic E-state index is 0.109. The van der Waals surface area contributed by atoms with E-state index in [0.717, 1.165) is 48.1 Å². The summed E-state index contributed by atoms with van der Waals surface area (Å²) in [5, 5.41) is 13.8. The molecule has 1 saturated carbocycles. The second-order valence-electron chi connectivity index (χ2n) is 8.81. The van der Waals surface area contributed by atoms with Crippen LogP contribution in [0, 0.1) is 11.3 Å². The fourth-order valence-electron chi connectivity index (χ4n) is 5.43. The van der Waals surface area contributed by atoms with Crippen molar-refractivity contribution in [3.05, 3.63) is 88.4 Å². The molecule has 5 heteroatoms. The van der Waals surface area contributed by atoms with Crippen molar-refractivity contribution in [2.45, 2.75) is 43.3 Å². The number of nitrogens with zero attached hydrogens (tertiary/aromatic N) is 2. The highest BCUT2D eigenvalue weighted by molar-refractivity contribution is 9.10. The van der Waals surface area contributed by atoms with Crippen LogP contribution in [0.3, 0.4) is 0 Å². The van der Waals surface area contributed by atoms with E-state index in [0.29, 0.717) is 0 Å². The van der Waals surface area contributed by atoms with Gasteiger partial charge in [-0.3, -0.25) is 0 Å². The zero-order chi connectivity index (χ0) is 22.2. The number of methoxy groups -OCH3 is 1. The lowest BCUT2D eigenvalue weighted by atomic mass is 9.69. The number of anilines is 2. The Bertz CT molecular complexity index is 1180. The van der Waals surface area contributed by atoms with Crippen LogP contribution in [0.25, 0.3) is 0 Å². The summed E-state index contributed by atoms with van der Waals surface area (Å²) in [6, 6.07) is 27.8. The molecule has 1 spiro atoms. The van der Waals surface area contributed by atoms with Gasteiger partial charge in [-0.05, 0) is 67.1 Å². The van der Waals surface area contributed by atoms with Crippen LogP contribution in [0.2, 0.25) is 0 Å². The van der Waals surface area contributed by atoms with Crippen molar-refractivity contribution in [3.63, 3.8) is 0 Å². The van der Waals surface area contributed by atoms with Gasteiger partial charge in [0.15, 0.2) is 0 Å². The van der Waals surface area contributed by atoms with Crippen LogP contribution >= 0.6 is 15.9 Å². The van der Waals surface area contributed by atoms with Crippen molar-refractivity contribution in [1.29, 1.82) is 5.26 Å². The first-order chi connectivity index (χ1) is 15.6. The van der Waals surface area contributed by atoms with Crippen LogP contribution in [0.5, 0.6) is 5.75 Å². The second kappa shape index (κ2) is 8.18. The van der Waals surface area contributed by atoms with Crippen LogP contribution in [0.15, 0.2) is 77.3 Å². The van der Waals surface area contributed by atoms with E-state index >= 15 is 0 Å². The number of hydrogen-bond acceptors (Lipinski definition) is 4. The number of benzene rings is 3. The summed E-state index contributed by atoms with van der Waals surface area (Å²) in [5.41, 5.74) is 4.25. The molecular formula is C27H26BrN3O. The molecule has 2 aliphatic rings. The summed E-state index contributed by atoms with van der Waals surface area (Å²) in [6.07, 6.45) is 3.39. The Hall–Kier alpha value is -2.97. The zero-order valence-electron chi connectivity index (χ0n) is 18.1. The zero-order valence-corrected chi connectivity index (χ0v) is 19.7. The van der Waals surface area contributed by atoms with Gasteiger partial charge in [0.2, 0.25) is 0 Å². The van der Waals surface area contributed by atoms with Crippen LogP contribution in [0.1, 0.15) is 36.8 Å². The number of nitriles is 1. The highest BCUT2D eigenvalue weighted by Gasteiger charge is 2.51. The molecule has 0 amide bonds. The van der Waals surface area contributed by atoms with E-state index in [1.165, 1.54) is 16.8 Å². The Labute approximate surface area is 198 Å². The van der Waals surface area contributed by atoms with E-state index in [1.54, 1.807) is 7.11 Å². The summed E-state index contributed by atoms with van der Waals surface area (Å²) < 4.78 is 6.52. The molecule has 0 bridgehead atoms. The van der Waals surface area contributed by atoms with Crippen molar-refractivity contribution < 1.29 is 4.74 Å². The predicted molar refractivity (Wildman–Crippen MR) is 132 cm³/mol. The predicted octanol–water partition coefficient (Wildman–Crippen LogP) is 6.62. The van der Waals surface area contributed by atoms with Crippen molar-refractivity contribution >= 4 is 27.3 Å². The van der Waals surface area contributed by atoms with E-state index in [-0.39, 0.29) is 5.54 Å². The summed E-state index contributed by atoms with van der Waals surface area (Å²) in [6.45, 7) is 0.877. The Morgan fingerprint density at radius 2 is 1.75 bits per heavy atom. The summed E-state index contributed by atoms with van der Waals surface area (Å²) in [7, 11) is 1.71. The molecule has 1 aliphatic heterocycles. The van der Waals surface area contributed by atoms with Gasteiger partial charge in [0.25, 0.3) is 0 Å². The van der Waals surface area contributed by atoms with Gasteiger partial charge < -0.3 is 15.0 Å². The molecule has 162 valence electrons. The third-order valence-electron chi connectivity index (χ3n) is 7.08.